The number of hydrogen-bond donors (Lipinski definition) is 5. The molecule has 3 heterocycles. The second-order valence-corrected chi connectivity index (χ2v) is 11.6. The van der Waals surface area contributed by atoms with E-state index in [9.17, 15) is 29.5 Å². The Kier molecular flexibility index (Phi) is 8.54. The van der Waals surface area contributed by atoms with Crippen LogP contribution in [0.4, 0.5) is 5.95 Å². The molecule has 1 aliphatic heterocycles. The zero-order chi connectivity index (χ0) is 26.9. The van der Waals surface area contributed by atoms with Crippen LogP contribution in [0.3, 0.4) is 0 Å². The maximum atomic E-state index is 12.4. The number of H-pyrrole nitrogens is 1. The number of aliphatic hydroxyl groups is 3. The Morgan fingerprint density at radius 3 is 2.83 bits per heavy atom. The van der Waals surface area contributed by atoms with E-state index in [1.54, 1.807) is 13.8 Å². The number of aliphatic hydroxyl groups excluding tert-OH is 2. The number of carbonyl (C=O) groups is 1. The molecular weight excluding hydrogens is 519 g/mol. The van der Waals surface area contributed by atoms with E-state index in [0.717, 1.165) is 11.8 Å². The maximum Gasteiger partial charge on any atom is 0.402 e. The number of aliphatic imine (C=N–C) groups is 1. The minimum atomic E-state index is -4.10. The SMILES string of the molecule is C=Nc1nc2c(ncn2C2OC(COP(N)(=O)OCCSC(=O)C(C)(C)CO)C(O)C2(C)O)c(=O)[nH]1. The second-order valence-electron chi connectivity index (χ2n) is 8.92. The summed E-state index contributed by atoms with van der Waals surface area (Å²) in [5.74, 6) is 0.0430. The van der Waals surface area contributed by atoms with E-state index in [1.165, 1.54) is 17.8 Å². The van der Waals surface area contributed by atoms with Gasteiger partial charge >= 0.3 is 7.75 Å². The van der Waals surface area contributed by atoms with Gasteiger partial charge in [-0.25, -0.2) is 20.0 Å². The molecule has 0 amide bonds. The van der Waals surface area contributed by atoms with Gasteiger partial charge in [0.2, 0.25) is 5.95 Å². The van der Waals surface area contributed by atoms with Crippen molar-refractivity contribution in [3.05, 3.63) is 16.7 Å². The first-order chi connectivity index (χ1) is 16.7. The molecule has 6 N–H and O–H groups in total. The lowest BCUT2D eigenvalue weighted by Gasteiger charge is -2.27. The molecular formula is C19H29N6O9PS. The average Bonchev–Trinajstić information content (AvgIpc) is 3.33. The number of aromatic nitrogens is 4. The summed E-state index contributed by atoms with van der Waals surface area (Å²) in [6.45, 7) is 6.78. The largest absolute Gasteiger partial charge is 0.402 e. The molecule has 0 bridgehead atoms. The van der Waals surface area contributed by atoms with Gasteiger partial charge in [-0.3, -0.25) is 28.2 Å². The molecule has 0 aliphatic carbocycles. The average molecular weight is 549 g/mol. The van der Waals surface area contributed by atoms with Crippen LogP contribution >= 0.6 is 19.5 Å². The molecule has 1 saturated heterocycles. The highest BCUT2D eigenvalue weighted by Crippen LogP contribution is 2.43. The van der Waals surface area contributed by atoms with Gasteiger partial charge in [0.25, 0.3) is 5.56 Å². The van der Waals surface area contributed by atoms with Gasteiger partial charge in [0.1, 0.15) is 17.8 Å². The van der Waals surface area contributed by atoms with Gasteiger partial charge in [0.05, 0.1) is 31.6 Å². The molecule has 17 heteroatoms. The molecule has 2 aromatic heterocycles. The highest BCUT2D eigenvalue weighted by atomic mass is 32.2. The Morgan fingerprint density at radius 2 is 2.19 bits per heavy atom. The fourth-order valence-corrected chi connectivity index (χ4v) is 5.02. The standard InChI is InChI=1S/C19H29N6O9PS/c1-18(2,8-26)16(29)36-6-5-32-35(20,31)33-7-10-12(27)19(3,30)15(34-10)25-9-22-11-13(25)23-17(21-4)24-14(11)28/h9-10,12,15,26-27,30H,4-8H2,1-3H3,(H2,20,31)(H,23,24,28). The number of fused-ring (bicyclic) bond motifs is 1. The molecule has 0 saturated carbocycles. The number of thioether (sulfide) groups is 1. The summed E-state index contributed by atoms with van der Waals surface area (Å²) in [7, 11) is -4.10. The van der Waals surface area contributed by atoms with Crippen LogP contribution in [-0.2, 0) is 23.1 Å². The smallest absolute Gasteiger partial charge is 0.395 e. The van der Waals surface area contributed by atoms with Crippen LogP contribution in [-0.4, -0.2) is 90.1 Å². The molecule has 1 fully saturated rings. The van der Waals surface area contributed by atoms with E-state index in [4.69, 9.17) is 19.3 Å². The first-order valence-corrected chi connectivity index (χ1v) is 13.3. The van der Waals surface area contributed by atoms with E-state index < -0.39 is 49.4 Å². The summed E-state index contributed by atoms with van der Waals surface area (Å²) in [5.41, 5.74) is 2.16. The highest BCUT2D eigenvalue weighted by Gasteiger charge is 2.54. The minimum Gasteiger partial charge on any atom is -0.395 e. The summed E-state index contributed by atoms with van der Waals surface area (Å²) >= 11 is 0.892. The molecule has 5 unspecified atom stereocenters. The van der Waals surface area contributed by atoms with Crippen molar-refractivity contribution in [2.75, 3.05) is 25.6 Å². The summed E-state index contributed by atoms with van der Waals surface area (Å²) in [5, 5.41) is 30.5. The third kappa shape index (κ3) is 5.93. The van der Waals surface area contributed by atoms with Crippen molar-refractivity contribution in [1.82, 2.24) is 19.5 Å². The van der Waals surface area contributed by atoms with Crippen LogP contribution < -0.4 is 11.1 Å². The van der Waals surface area contributed by atoms with Gasteiger partial charge in [-0.2, -0.15) is 4.98 Å². The third-order valence-corrected chi connectivity index (χ3v) is 7.77. The topological polar surface area (TPSA) is 224 Å². The molecule has 5 atom stereocenters. The predicted octanol–water partition coefficient (Wildman–Crippen LogP) is -0.161. The van der Waals surface area contributed by atoms with Crippen LogP contribution in [0.5, 0.6) is 0 Å². The highest BCUT2D eigenvalue weighted by molar-refractivity contribution is 8.13. The first-order valence-electron chi connectivity index (χ1n) is 10.7. The van der Waals surface area contributed by atoms with Crippen molar-refractivity contribution in [2.45, 2.75) is 44.8 Å². The molecule has 200 valence electrons. The Bertz CT molecular complexity index is 1230. The van der Waals surface area contributed by atoms with Crippen molar-refractivity contribution < 1.29 is 38.5 Å². The molecule has 15 nitrogen and oxygen atoms in total. The normalized spacial score (nSPS) is 26.2. The fourth-order valence-electron chi connectivity index (χ4n) is 3.31. The minimum absolute atomic E-state index is 0.0319. The number of ether oxygens (including phenoxy) is 1. The number of nitrogens with two attached hydrogens (primary N) is 1. The van der Waals surface area contributed by atoms with Crippen LogP contribution in [0.15, 0.2) is 16.1 Å². The van der Waals surface area contributed by atoms with Gasteiger partial charge in [-0.1, -0.05) is 11.8 Å². The Labute approximate surface area is 209 Å². The maximum absolute atomic E-state index is 12.4. The first kappa shape index (κ1) is 28.6. The summed E-state index contributed by atoms with van der Waals surface area (Å²) in [6.07, 6.45) is -2.76. The Balaban J connectivity index is 1.64. The quantitative estimate of drug-likeness (QED) is 0.140. The molecule has 1 aliphatic rings. The van der Waals surface area contributed by atoms with Gasteiger partial charge in [-0.15, -0.1) is 0 Å². The van der Waals surface area contributed by atoms with E-state index >= 15 is 0 Å². The molecule has 3 rings (SSSR count). The van der Waals surface area contributed by atoms with E-state index in [0.29, 0.717) is 0 Å². The Morgan fingerprint density at radius 1 is 1.50 bits per heavy atom. The van der Waals surface area contributed by atoms with Gasteiger partial charge in [0, 0.05) is 5.75 Å². The van der Waals surface area contributed by atoms with Crippen LogP contribution in [0.25, 0.3) is 11.2 Å². The summed E-state index contributed by atoms with van der Waals surface area (Å²) in [6, 6.07) is 0. The van der Waals surface area contributed by atoms with Gasteiger partial charge in [-0.05, 0) is 27.5 Å². The Hall–Kier alpha value is -2.01. The van der Waals surface area contributed by atoms with E-state index in [2.05, 4.69) is 26.7 Å². The van der Waals surface area contributed by atoms with Crippen molar-refractivity contribution in [3.63, 3.8) is 0 Å². The van der Waals surface area contributed by atoms with E-state index in [1.807, 2.05) is 0 Å². The van der Waals surface area contributed by atoms with Crippen LogP contribution in [0, 0.1) is 5.41 Å². The molecule has 2 aromatic rings. The predicted molar refractivity (Wildman–Crippen MR) is 130 cm³/mol. The number of carbonyl (C=O) groups excluding carboxylic acids is 1. The lowest BCUT2D eigenvalue weighted by Crippen LogP contribution is -2.44. The molecule has 0 spiro atoms. The number of aromatic amines is 1. The molecule has 0 radical (unpaired) electrons. The lowest BCUT2D eigenvalue weighted by atomic mass is 9.96. The number of nitrogens with zero attached hydrogens (tertiary/aromatic N) is 4. The van der Waals surface area contributed by atoms with Crippen LogP contribution in [0.2, 0.25) is 0 Å². The summed E-state index contributed by atoms with van der Waals surface area (Å²) in [4.78, 5) is 38.2. The number of hydrogen-bond acceptors (Lipinski definition) is 13. The van der Waals surface area contributed by atoms with Crippen LogP contribution in [0.1, 0.15) is 27.0 Å². The molecule has 0 aromatic carbocycles. The monoisotopic (exact) mass is 548 g/mol. The van der Waals surface area contributed by atoms with Crippen molar-refractivity contribution in [3.8, 4) is 0 Å². The van der Waals surface area contributed by atoms with Crippen molar-refractivity contribution >= 4 is 48.5 Å². The molecule has 36 heavy (non-hydrogen) atoms. The zero-order valence-electron chi connectivity index (χ0n) is 19.9. The number of nitrogens with one attached hydrogen (secondary N) is 1. The van der Waals surface area contributed by atoms with Gasteiger partial charge in [0.15, 0.2) is 22.5 Å². The van der Waals surface area contributed by atoms with E-state index in [-0.39, 0.29) is 41.2 Å². The summed E-state index contributed by atoms with van der Waals surface area (Å²) < 4.78 is 29.7. The third-order valence-electron chi connectivity index (χ3n) is 5.53. The fraction of sp³-hybridized carbons (Fsp3) is 0.632. The number of imidazole rings is 1. The van der Waals surface area contributed by atoms with Crippen molar-refractivity contribution in [1.29, 1.82) is 0 Å². The van der Waals surface area contributed by atoms with Crippen molar-refractivity contribution in [2.24, 2.45) is 15.9 Å². The second kappa shape index (κ2) is 10.8. The zero-order valence-corrected chi connectivity index (χ0v) is 21.6. The van der Waals surface area contributed by atoms with Gasteiger partial charge < -0.3 is 20.1 Å². The lowest BCUT2D eigenvalue weighted by molar-refractivity contribution is -0.119. The number of rotatable bonds is 11.